The molecule has 0 fully saturated rings. The van der Waals surface area contributed by atoms with Crippen LogP contribution in [0.2, 0.25) is 0 Å². The van der Waals surface area contributed by atoms with Crippen molar-refractivity contribution in [3.63, 3.8) is 0 Å². The molecule has 0 saturated heterocycles. The van der Waals surface area contributed by atoms with E-state index in [1.807, 2.05) is 50.4 Å². The number of hydrogen-bond donors (Lipinski definition) is 1. The average molecular weight is 326 g/mol. The topological polar surface area (TPSA) is 59.9 Å². The summed E-state index contributed by atoms with van der Waals surface area (Å²) in [6.07, 6.45) is 1.78. The molecule has 6 heteroatoms. The number of aromatic nitrogens is 3. The van der Waals surface area contributed by atoms with E-state index in [0.29, 0.717) is 6.61 Å². The van der Waals surface area contributed by atoms with Gasteiger partial charge < -0.3 is 10.1 Å². The third-order valence-corrected chi connectivity index (χ3v) is 4.01. The number of nitrogens with zero attached hydrogens (tertiary/aromatic N) is 3. The second kappa shape index (κ2) is 6.75. The Bertz CT molecular complexity index is 816. The minimum Gasteiger partial charge on any atom is -0.492 e. The first-order chi connectivity index (χ1) is 11.2. The van der Waals surface area contributed by atoms with Crippen LogP contribution in [0.4, 0.5) is 10.9 Å². The fourth-order valence-corrected chi connectivity index (χ4v) is 2.87. The summed E-state index contributed by atoms with van der Waals surface area (Å²) in [5.41, 5.74) is 3.71. The number of pyridine rings is 2. The SMILES string of the molecule is CCOc1ccc(-c2csc(Nc3cc(C)ccn3)n2)nc1C. The Hall–Kier alpha value is -2.47. The maximum atomic E-state index is 5.52. The summed E-state index contributed by atoms with van der Waals surface area (Å²) in [7, 11) is 0. The van der Waals surface area contributed by atoms with Gasteiger partial charge in [-0.15, -0.1) is 11.3 Å². The van der Waals surface area contributed by atoms with Crippen molar-refractivity contribution in [1.82, 2.24) is 15.0 Å². The molecule has 0 aromatic carbocycles. The van der Waals surface area contributed by atoms with Crippen molar-refractivity contribution in [3.05, 3.63) is 47.1 Å². The predicted molar refractivity (Wildman–Crippen MR) is 93.5 cm³/mol. The van der Waals surface area contributed by atoms with Crippen molar-refractivity contribution < 1.29 is 4.74 Å². The number of rotatable bonds is 5. The van der Waals surface area contributed by atoms with Gasteiger partial charge in [-0.1, -0.05) is 0 Å². The highest BCUT2D eigenvalue weighted by Gasteiger charge is 2.09. The summed E-state index contributed by atoms with van der Waals surface area (Å²) in [6, 6.07) is 7.82. The molecule has 0 amide bonds. The summed E-state index contributed by atoms with van der Waals surface area (Å²) in [4.78, 5) is 13.4. The van der Waals surface area contributed by atoms with Crippen LogP contribution in [-0.4, -0.2) is 21.6 Å². The van der Waals surface area contributed by atoms with E-state index in [0.717, 1.165) is 39.3 Å². The lowest BCUT2D eigenvalue weighted by atomic mass is 10.2. The van der Waals surface area contributed by atoms with Crippen LogP contribution in [0.1, 0.15) is 18.2 Å². The number of aryl methyl sites for hydroxylation is 2. The van der Waals surface area contributed by atoms with Gasteiger partial charge in [0.05, 0.1) is 18.0 Å². The molecule has 0 atom stereocenters. The normalized spacial score (nSPS) is 10.6. The van der Waals surface area contributed by atoms with Gasteiger partial charge in [-0.2, -0.15) is 0 Å². The van der Waals surface area contributed by atoms with Crippen LogP contribution in [0.15, 0.2) is 35.8 Å². The van der Waals surface area contributed by atoms with Gasteiger partial charge in [-0.05, 0) is 50.6 Å². The standard InChI is InChI=1S/C17H18N4OS/c1-4-22-15-6-5-13(19-12(15)3)14-10-23-17(20-14)21-16-9-11(2)7-8-18-16/h5-10H,4H2,1-3H3,(H,18,20,21). The molecule has 0 aliphatic carbocycles. The largest absolute Gasteiger partial charge is 0.492 e. The summed E-state index contributed by atoms with van der Waals surface area (Å²) >= 11 is 1.53. The van der Waals surface area contributed by atoms with E-state index in [1.54, 1.807) is 6.20 Å². The van der Waals surface area contributed by atoms with Gasteiger partial charge in [0.2, 0.25) is 0 Å². The zero-order valence-electron chi connectivity index (χ0n) is 13.3. The van der Waals surface area contributed by atoms with E-state index in [1.165, 1.54) is 11.3 Å². The molecule has 3 heterocycles. The summed E-state index contributed by atoms with van der Waals surface area (Å²) in [5.74, 6) is 1.61. The second-order valence-corrected chi connectivity index (χ2v) is 5.95. The third kappa shape index (κ3) is 3.65. The Morgan fingerprint density at radius 2 is 2.00 bits per heavy atom. The lowest BCUT2D eigenvalue weighted by molar-refractivity contribution is 0.336. The molecule has 1 N–H and O–H groups in total. The molecule has 3 aromatic rings. The molecular formula is C17H18N4OS. The van der Waals surface area contributed by atoms with E-state index in [2.05, 4.69) is 20.3 Å². The van der Waals surface area contributed by atoms with Gasteiger partial charge in [-0.25, -0.2) is 15.0 Å². The molecule has 0 unspecified atom stereocenters. The van der Waals surface area contributed by atoms with Crippen molar-refractivity contribution in [2.75, 3.05) is 11.9 Å². The molecule has 3 aromatic heterocycles. The molecule has 118 valence electrons. The van der Waals surface area contributed by atoms with Gasteiger partial charge in [0.25, 0.3) is 0 Å². The molecule has 3 rings (SSSR count). The van der Waals surface area contributed by atoms with Crippen LogP contribution in [-0.2, 0) is 0 Å². The van der Waals surface area contributed by atoms with Gasteiger partial charge in [0, 0.05) is 11.6 Å². The first kappa shape index (κ1) is 15.4. The molecule has 0 spiro atoms. The Balaban J connectivity index is 1.80. The number of nitrogens with one attached hydrogen (secondary N) is 1. The van der Waals surface area contributed by atoms with E-state index >= 15 is 0 Å². The quantitative estimate of drug-likeness (QED) is 0.755. The third-order valence-electron chi connectivity index (χ3n) is 3.25. The van der Waals surface area contributed by atoms with Crippen LogP contribution in [0, 0.1) is 13.8 Å². The Kier molecular flexibility index (Phi) is 4.52. The van der Waals surface area contributed by atoms with Crippen molar-refractivity contribution in [1.29, 1.82) is 0 Å². The smallest absolute Gasteiger partial charge is 0.188 e. The van der Waals surface area contributed by atoms with E-state index in [-0.39, 0.29) is 0 Å². The van der Waals surface area contributed by atoms with Crippen molar-refractivity contribution in [3.8, 4) is 17.1 Å². The molecule has 0 aliphatic rings. The van der Waals surface area contributed by atoms with Crippen LogP contribution in [0.25, 0.3) is 11.4 Å². The average Bonchev–Trinajstić information content (AvgIpc) is 2.98. The summed E-state index contributed by atoms with van der Waals surface area (Å²) in [5, 5.41) is 6.01. The van der Waals surface area contributed by atoms with Crippen LogP contribution in [0.5, 0.6) is 5.75 Å². The van der Waals surface area contributed by atoms with E-state index in [4.69, 9.17) is 4.74 Å². The molecule has 0 radical (unpaired) electrons. The van der Waals surface area contributed by atoms with Crippen molar-refractivity contribution in [2.45, 2.75) is 20.8 Å². The fourth-order valence-electron chi connectivity index (χ4n) is 2.16. The zero-order valence-corrected chi connectivity index (χ0v) is 14.1. The maximum Gasteiger partial charge on any atom is 0.188 e. The highest BCUT2D eigenvalue weighted by atomic mass is 32.1. The first-order valence-electron chi connectivity index (χ1n) is 7.41. The Morgan fingerprint density at radius 1 is 1.13 bits per heavy atom. The predicted octanol–water partition coefficient (Wildman–Crippen LogP) is 4.36. The minimum atomic E-state index is 0.635. The lowest BCUT2D eigenvalue weighted by Gasteiger charge is -2.07. The summed E-state index contributed by atoms with van der Waals surface area (Å²) in [6.45, 7) is 6.57. The molecule has 0 saturated carbocycles. The molecular weight excluding hydrogens is 308 g/mol. The number of anilines is 2. The lowest BCUT2D eigenvalue weighted by Crippen LogP contribution is -1.97. The summed E-state index contributed by atoms with van der Waals surface area (Å²) < 4.78 is 5.52. The van der Waals surface area contributed by atoms with E-state index < -0.39 is 0 Å². The maximum absolute atomic E-state index is 5.52. The van der Waals surface area contributed by atoms with Crippen molar-refractivity contribution in [2.24, 2.45) is 0 Å². The monoisotopic (exact) mass is 326 g/mol. The molecule has 0 bridgehead atoms. The zero-order chi connectivity index (χ0) is 16.2. The first-order valence-corrected chi connectivity index (χ1v) is 8.29. The minimum absolute atomic E-state index is 0.635. The van der Waals surface area contributed by atoms with Gasteiger partial charge in [0.15, 0.2) is 5.13 Å². The van der Waals surface area contributed by atoms with Gasteiger partial charge in [-0.3, -0.25) is 0 Å². The number of hydrogen-bond acceptors (Lipinski definition) is 6. The number of thiazole rings is 1. The van der Waals surface area contributed by atoms with Gasteiger partial charge >= 0.3 is 0 Å². The van der Waals surface area contributed by atoms with Gasteiger partial charge in [0.1, 0.15) is 17.3 Å². The number of ether oxygens (including phenoxy) is 1. The van der Waals surface area contributed by atoms with Crippen LogP contribution < -0.4 is 10.1 Å². The van der Waals surface area contributed by atoms with Crippen molar-refractivity contribution >= 4 is 22.3 Å². The molecule has 5 nitrogen and oxygen atoms in total. The fraction of sp³-hybridized carbons (Fsp3) is 0.235. The highest BCUT2D eigenvalue weighted by molar-refractivity contribution is 7.14. The van der Waals surface area contributed by atoms with Crippen LogP contribution >= 0.6 is 11.3 Å². The Morgan fingerprint density at radius 3 is 2.74 bits per heavy atom. The Labute approximate surface area is 139 Å². The highest BCUT2D eigenvalue weighted by Crippen LogP contribution is 2.27. The van der Waals surface area contributed by atoms with E-state index in [9.17, 15) is 0 Å². The second-order valence-electron chi connectivity index (χ2n) is 5.09. The molecule has 0 aliphatic heterocycles. The van der Waals surface area contributed by atoms with Crippen LogP contribution in [0.3, 0.4) is 0 Å². The molecule has 23 heavy (non-hydrogen) atoms.